The van der Waals surface area contributed by atoms with Crippen LogP contribution in [0.15, 0.2) is 0 Å². The van der Waals surface area contributed by atoms with Gasteiger partial charge in [0.2, 0.25) is 0 Å². The van der Waals surface area contributed by atoms with Gasteiger partial charge < -0.3 is 19.3 Å². The van der Waals surface area contributed by atoms with Crippen LogP contribution in [0.1, 0.15) is 52.9 Å². The standard InChI is InChI=1S/C17H31N3O4/c1-17(2,3)24-15(21)18-13-23-16(22)20-11-7-14(8-12-20)19-9-5-4-6-10-19/h14H,4-13H2,1-3H3,(H,18,21). The third-order valence-electron chi connectivity index (χ3n) is 4.44. The van der Waals surface area contributed by atoms with Gasteiger partial charge in [-0.1, -0.05) is 6.42 Å². The molecule has 0 aliphatic carbocycles. The summed E-state index contributed by atoms with van der Waals surface area (Å²) in [7, 11) is 0. The number of piperidine rings is 2. The van der Waals surface area contributed by atoms with Crippen LogP contribution in [0.3, 0.4) is 0 Å². The van der Waals surface area contributed by atoms with E-state index in [9.17, 15) is 9.59 Å². The largest absolute Gasteiger partial charge is 0.444 e. The zero-order chi connectivity index (χ0) is 17.6. The highest BCUT2D eigenvalue weighted by Gasteiger charge is 2.28. The van der Waals surface area contributed by atoms with Crippen LogP contribution in [0.5, 0.6) is 0 Å². The maximum absolute atomic E-state index is 12.0. The average Bonchev–Trinajstić information content (AvgIpc) is 2.54. The van der Waals surface area contributed by atoms with Crippen molar-refractivity contribution in [3.63, 3.8) is 0 Å². The van der Waals surface area contributed by atoms with Crippen LogP contribution in [0.4, 0.5) is 9.59 Å². The van der Waals surface area contributed by atoms with E-state index in [-0.39, 0.29) is 12.8 Å². The van der Waals surface area contributed by atoms with Crippen molar-refractivity contribution in [2.24, 2.45) is 0 Å². The zero-order valence-electron chi connectivity index (χ0n) is 15.2. The quantitative estimate of drug-likeness (QED) is 0.799. The van der Waals surface area contributed by atoms with Gasteiger partial charge in [0, 0.05) is 19.1 Å². The molecule has 24 heavy (non-hydrogen) atoms. The first-order valence-corrected chi connectivity index (χ1v) is 8.98. The Morgan fingerprint density at radius 3 is 2.25 bits per heavy atom. The first-order valence-electron chi connectivity index (χ1n) is 8.98. The van der Waals surface area contributed by atoms with E-state index in [0.717, 1.165) is 12.8 Å². The minimum atomic E-state index is -0.584. The summed E-state index contributed by atoms with van der Waals surface area (Å²) in [6, 6.07) is 0.592. The normalized spacial score (nSPS) is 20.5. The molecular formula is C17H31N3O4. The van der Waals surface area contributed by atoms with Gasteiger partial charge in [0.05, 0.1) is 0 Å². The van der Waals surface area contributed by atoms with Crippen LogP contribution in [0.2, 0.25) is 0 Å². The van der Waals surface area contributed by atoms with E-state index < -0.39 is 11.7 Å². The topological polar surface area (TPSA) is 71.1 Å². The monoisotopic (exact) mass is 341 g/mol. The summed E-state index contributed by atoms with van der Waals surface area (Å²) >= 11 is 0. The van der Waals surface area contributed by atoms with Gasteiger partial charge in [-0.3, -0.25) is 5.32 Å². The number of rotatable bonds is 3. The summed E-state index contributed by atoms with van der Waals surface area (Å²) < 4.78 is 10.2. The number of carbonyl (C=O) groups is 2. The smallest absolute Gasteiger partial charge is 0.411 e. The van der Waals surface area contributed by atoms with Crippen molar-refractivity contribution < 1.29 is 19.1 Å². The van der Waals surface area contributed by atoms with E-state index >= 15 is 0 Å². The molecule has 0 atom stereocenters. The Labute approximate surface area is 144 Å². The lowest BCUT2D eigenvalue weighted by Gasteiger charge is -2.39. The molecule has 0 saturated carbocycles. The number of likely N-dealkylation sites (tertiary alicyclic amines) is 2. The van der Waals surface area contributed by atoms with Gasteiger partial charge in [-0.05, 0) is 59.5 Å². The van der Waals surface area contributed by atoms with E-state index in [2.05, 4.69) is 10.2 Å². The molecular weight excluding hydrogens is 310 g/mol. The van der Waals surface area contributed by atoms with Crippen molar-refractivity contribution in [1.82, 2.24) is 15.1 Å². The lowest BCUT2D eigenvalue weighted by molar-refractivity contribution is 0.0387. The Morgan fingerprint density at radius 1 is 1.04 bits per heavy atom. The van der Waals surface area contributed by atoms with Gasteiger partial charge in [-0.15, -0.1) is 0 Å². The highest BCUT2D eigenvalue weighted by molar-refractivity contribution is 5.69. The van der Waals surface area contributed by atoms with Crippen LogP contribution in [-0.4, -0.2) is 66.5 Å². The maximum atomic E-state index is 12.0. The number of hydrogen-bond donors (Lipinski definition) is 1. The van der Waals surface area contributed by atoms with E-state index in [1.807, 2.05) is 0 Å². The third-order valence-corrected chi connectivity index (χ3v) is 4.44. The molecule has 1 N–H and O–H groups in total. The fraction of sp³-hybridized carbons (Fsp3) is 0.882. The molecule has 2 rings (SSSR count). The Bertz CT molecular complexity index is 422. The summed E-state index contributed by atoms with van der Waals surface area (Å²) in [6.45, 7) is 8.99. The van der Waals surface area contributed by atoms with Gasteiger partial charge in [0.25, 0.3) is 0 Å². The average molecular weight is 341 g/mol. The number of carbonyl (C=O) groups excluding carboxylic acids is 2. The number of nitrogens with zero attached hydrogens (tertiary/aromatic N) is 2. The van der Waals surface area contributed by atoms with Crippen LogP contribution in [-0.2, 0) is 9.47 Å². The molecule has 138 valence electrons. The fourth-order valence-corrected chi connectivity index (χ4v) is 3.26. The number of amides is 2. The molecule has 7 nitrogen and oxygen atoms in total. The summed E-state index contributed by atoms with van der Waals surface area (Å²) in [5.41, 5.74) is -0.565. The van der Waals surface area contributed by atoms with E-state index in [1.54, 1.807) is 25.7 Å². The molecule has 2 aliphatic heterocycles. The molecule has 7 heteroatoms. The highest BCUT2D eigenvalue weighted by atomic mass is 16.6. The summed E-state index contributed by atoms with van der Waals surface area (Å²) in [6.07, 6.45) is 4.95. The summed E-state index contributed by atoms with van der Waals surface area (Å²) in [5.74, 6) is 0. The molecule has 2 heterocycles. The predicted octanol–water partition coefficient (Wildman–Crippen LogP) is 2.56. The van der Waals surface area contributed by atoms with Crippen molar-refractivity contribution in [3.8, 4) is 0 Å². The van der Waals surface area contributed by atoms with Crippen LogP contribution in [0.25, 0.3) is 0 Å². The highest BCUT2D eigenvalue weighted by Crippen LogP contribution is 2.21. The summed E-state index contributed by atoms with van der Waals surface area (Å²) in [5, 5.41) is 2.43. The molecule has 0 aromatic rings. The second-order valence-corrected chi connectivity index (χ2v) is 7.55. The van der Waals surface area contributed by atoms with Crippen LogP contribution in [0, 0.1) is 0 Å². The second kappa shape index (κ2) is 8.55. The van der Waals surface area contributed by atoms with Crippen molar-refractivity contribution >= 4 is 12.2 Å². The zero-order valence-corrected chi connectivity index (χ0v) is 15.2. The minimum absolute atomic E-state index is 0.167. The van der Waals surface area contributed by atoms with Crippen molar-refractivity contribution in [3.05, 3.63) is 0 Å². The van der Waals surface area contributed by atoms with Gasteiger partial charge in [-0.25, -0.2) is 9.59 Å². The van der Waals surface area contributed by atoms with Crippen molar-refractivity contribution in [2.45, 2.75) is 64.5 Å². The number of nitrogens with one attached hydrogen (secondary N) is 1. The van der Waals surface area contributed by atoms with Crippen molar-refractivity contribution in [1.29, 1.82) is 0 Å². The van der Waals surface area contributed by atoms with Crippen LogP contribution < -0.4 is 5.32 Å². The maximum Gasteiger partial charge on any atom is 0.411 e. The first-order chi connectivity index (χ1) is 11.3. The minimum Gasteiger partial charge on any atom is -0.444 e. The molecule has 0 radical (unpaired) electrons. The molecule has 0 spiro atoms. The molecule has 2 saturated heterocycles. The molecule has 0 unspecified atom stereocenters. The van der Waals surface area contributed by atoms with Gasteiger partial charge >= 0.3 is 12.2 Å². The Morgan fingerprint density at radius 2 is 1.67 bits per heavy atom. The Balaban J connectivity index is 1.63. The SMILES string of the molecule is CC(C)(C)OC(=O)NCOC(=O)N1CCC(N2CCCCC2)CC1. The van der Waals surface area contributed by atoms with E-state index in [1.165, 1.54) is 32.4 Å². The fourth-order valence-electron chi connectivity index (χ4n) is 3.26. The van der Waals surface area contributed by atoms with Gasteiger partial charge in [0.1, 0.15) is 5.60 Å². The lowest BCUT2D eigenvalue weighted by atomic mass is 10.0. The van der Waals surface area contributed by atoms with Crippen LogP contribution >= 0.6 is 0 Å². The molecule has 2 amide bonds. The molecule has 2 aliphatic rings. The summed E-state index contributed by atoms with van der Waals surface area (Å²) in [4.78, 5) is 27.8. The van der Waals surface area contributed by atoms with Gasteiger partial charge in [0.15, 0.2) is 6.73 Å². The third kappa shape index (κ3) is 6.19. The number of alkyl carbamates (subject to hydrolysis) is 1. The molecule has 0 aromatic heterocycles. The number of hydrogen-bond acceptors (Lipinski definition) is 5. The predicted molar refractivity (Wildman–Crippen MR) is 90.7 cm³/mol. The van der Waals surface area contributed by atoms with E-state index in [4.69, 9.17) is 9.47 Å². The van der Waals surface area contributed by atoms with Crippen molar-refractivity contribution in [2.75, 3.05) is 32.9 Å². The Kier molecular flexibility index (Phi) is 6.71. The molecule has 0 bridgehead atoms. The lowest BCUT2D eigenvalue weighted by Crippen LogP contribution is -2.48. The molecule has 2 fully saturated rings. The first kappa shape index (κ1) is 18.8. The Hall–Kier alpha value is -1.50. The number of ether oxygens (including phenoxy) is 2. The van der Waals surface area contributed by atoms with E-state index in [0.29, 0.717) is 19.1 Å². The molecule has 0 aromatic carbocycles. The van der Waals surface area contributed by atoms with Gasteiger partial charge in [-0.2, -0.15) is 0 Å². The second-order valence-electron chi connectivity index (χ2n) is 7.55.